The lowest BCUT2D eigenvalue weighted by Crippen LogP contribution is -2.37. The van der Waals surface area contributed by atoms with Gasteiger partial charge in [0.15, 0.2) is 6.10 Å². The van der Waals surface area contributed by atoms with Gasteiger partial charge in [0.05, 0.1) is 7.11 Å². The van der Waals surface area contributed by atoms with Crippen molar-refractivity contribution in [2.75, 3.05) is 14.2 Å². The Morgan fingerprint density at radius 2 is 1.83 bits per heavy atom. The molecular formula is C20H25NO3. The number of nitrogens with zero attached hydrogens (tertiary/aromatic N) is 1. The minimum atomic E-state index is -0.551. The molecule has 2 aromatic rings. The van der Waals surface area contributed by atoms with Crippen molar-refractivity contribution < 1.29 is 14.3 Å². The summed E-state index contributed by atoms with van der Waals surface area (Å²) in [6, 6.07) is 13.7. The van der Waals surface area contributed by atoms with E-state index in [0.29, 0.717) is 6.54 Å². The zero-order valence-electron chi connectivity index (χ0n) is 15.0. The molecule has 1 atom stereocenters. The highest BCUT2D eigenvalue weighted by atomic mass is 16.5. The van der Waals surface area contributed by atoms with Gasteiger partial charge in [-0.15, -0.1) is 0 Å². The van der Waals surface area contributed by atoms with Crippen molar-refractivity contribution >= 4 is 5.91 Å². The van der Waals surface area contributed by atoms with Gasteiger partial charge in [-0.25, -0.2) is 0 Å². The summed E-state index contributed by atoms with van der Waals surface area (Å²) in [6.07, 6.45) is -0.551. The lowest BCUT2D eigenvalue weighted by Gasteiger charge is -2.23. The van der Waals surface area contributed by atoms with Crippen molar-refractivity contribution in [1.29, 1.82) is 0 Å². The average molecular weight is 327 g/mol. The SMILES string of the molecule is COc1ccccc1CN(C)C(=O)[C@H](C)Oc1cc(C)ccc1C. The first-order valence-electron chi connectivity index (χ1n) is 8.03. The smallest absolute Gasteiger partial charge is 0.263 e. The number of likely N-dealkylation sites (N-methyl/N-ethyl adjacent to an activating group) is 1. The summed E-state index contributed by atoms with van der Waals surface area (Å²) in [5.74, 6) is 1.46. The molecule has 4 nitrogen and oxygen atoms in total. The van der Waals surface area contributed by atoms with Gasteiger partial charge >= 0.3 is 0 Å². The highest BCUT2D eigenvalue weighted by Gasteiger charge is 2.21. The van der Waals surface area contributed by atoms with Crippen molar-refractivity contribution in [3.8, 4) is 11.5 Å². The zero-order valence-corrected chi connectivity index (χ0v) is 15.0. The van der Waals surface area contributed by atoms with E-state index >= 15 is 0 Å². The number of ether oxygens (including phenoxy) is 2. The predicted octanol–water partition coefficient (Wildman–Crippen LogP) is 3.74. The normalized spacial score (nSPS) is 11.7. The third-order valence-electron chi connectivity index (χ3n) is 3.97. The third-order valence-corrected chi connectivity index (χ3v) is 3.97. The summed E-state index contributed by atoms with van der Waals surface area (Å²) in [5, 5.41) is 0. The van der Waals surface area contributed by atoms with E-state index < -0.39 is 6.10 Å². The fraction of sp³-hybridized carbons (Fsp3) is 0.350. The van der Waals surface area contributed by atoms with Gasteiger partial charge in [-0.05, 0) is 44.0 Å². The van der Waals surface area contributed by atoms with Crippen LogP contribution in [0.1, 0.15) is 23.6 Å². The van der Waals surface area contributed by atoms with Crippen LogP contribution in [0.5, 0.6) is 11.5 Å². The van der Waals surface area contributed by atoms with Gasteiger partial charge in [-0.3, -0.25) is 4.79 Å². The highest BCUT2D eigenvalue weighted by molar-refractivity contribution is 5.80. The monoisotopic (exact) mass is 327 g/mol. The van der Waals surface area contributed by atoms with E-state index in [0.717, 1.165) is 28.2 Å². The number of para-hydroxylation sites is 1. The van der Waals surface area contributed by atoms with Gasteiger partial charge in [-0.2, -0.15) is 0 Å². The number of benzene rings is 2. The molecule has 0 unspecified atom stereocenters. The molecule has 0 saturated carbocycles. The number of carbonyl (C=O) groups excluding carboxylic acids is 1. The summed E-state index contributed by atoms with van der Waals surface area (Å²) in [5.41, 5.74) is 3.10. The predicted molar refractivity (Wildman–Crippen MR) is 95.5 cm³/mol. The van der Waals surface area contributed by atoms with Crippen molar-refractivity contribution in [2.45, 2.75) is 33.4 Å². The van der Waals surface area contributed by atoms with Crippen LogP contribution in [0.25, 0.3) is 0 Å². The van der Waals surface area contributed by atoms with Crippen molar-refractivity contribution in [1.82, 2.24) is 4.90 Å². The molecule has 0 saturated heterocycles. The lowest BCUT2D eigenvalue weighted by molar-refractivity contribution is -0.137. The average Bonchev–Trinajstić information content (AvgIpc) is 2.57. The molecule has 0 spiro atoms. The Kier molecular flexibility index (Phi) is 5.85. The van der Waals surface area contributed by atoms with Gasteiger partial charge < -0.3 is 14.4 Å². The van der Waals surface area contributed by atoms with Gasteiger partial charge in [0.1, 0.15) is 11.5 Å². The number of carbonyl (C=O) groups is 1. The Morgan fingerprint density at radius 3 is 2.54 bits per heavy atom. The van der Waals surface area contributed by atoms with Crippen LogP contribution in [0.3, 0.4) is 0 Å². The summed E-state index contributed by atoms with van der Waals surface area (Å²) in [7, 11) is 3.41. The van der Waals surface area contributed by atoms with E-state index in [1.54, 1.807) is 26.0 Å². The maximum atomic E-state index is 12.6. The first-order valence-corrected chi connectivity index (χ1v) is 8.03. The van der Waals surface area contributed by atoms with E-state index in [9.17, 15) is 4.79 Å². The Morgan fingerprint density at radius 1 is 1.12 bits per heavy atom. The quantitative estimate of drug-likeness (QED) is 0.811. The Hall–Kier alpha value is -2.49. The second-order valence-electron chi connectivity index (χ2n) is 6.04. The first-order chi connectivity index (χ1) is 11.4. The van der Waals surface area contributed by atoms with E-state index in [1.165, 1.54) is 0 Å². The Labute approximate surface area is 144 Å². The van der Waals surface area contributed by atoms with E-state index in [-0.39, 0.29) is 5.91 Å². The molecule has 1 amide bonds. The van der Waals surface area contributed by atoms with E-state index in [1.807, 2.05) is 56.3 Å². The Balaban J connectivity index is 2.05. The molecular weight excluding hydrogens is 302 g/mol. The number of hydrogen-bond donors (Lipinski definition) is 0. The summed E-state index contributed by atoms with van der Waals surface area (Å²) < 4.78 is 11.2. The highest BCUT2D eigenvalue weighted by Crippen LogP contribution is 2.22. The summed E-state index contributed by atoms with van der Waals surface area (Å²) in [4.78, 5) is 14.3. The molecule has 0 fully saturated rings. The maximum absolute atomic E-state index is 12.6. The molecule has 0 aliphatic carbocycles. The standard InChI is InChI=1S/C20H25NO3/c1-14-10-11-15(2)19(12-14)24-16(3)20(22)21(4)13-17-8-6-7-9-18(17)23-5/h6-12,16H,13H2,1-5H3/t16-/m0/s1. The second-order valence-corrected chi connectivity index (χ2v) is 6.04. The van der Waals surface area contributed by atoms with Crippen molar-refractivity contribution in [3.05, 3.63) is 59.2 Å². The van der Waals surface area contributed by atoms with Crippen LogP contribution in [0.4, 0.5) is 0 Å². The van der Waals surface area contributed by atoms with Crippen LogP contribution < -0.4 is 9.47 Å². The number of methoxy groups -OCH3 is 1. The minimum absolute atomic E-state index is 0.0678. The zero-order chi connectivity index (χ0) is 17.7. The molecule has 24 heavy (non-hydrogen) atoms. The van der Waals surface area contributed by atoms with Crippen LogP contribution in [-0.4, -0.2) is 31.1 Å². The molecule has 0 radical (unpaired) electrons. The molecule has 2 rings (SSSR count). The fourth-order valence-electron chi connectivity index (χ4n) is 2.55. The van der Waals surface area contributed by atoms with E-state index in [2.05, 4.69) is 0 Å². The second kappa shape index (κ2) is 7.86. The number of amides is 1. The maximum Gasteiger partial charge on any atom is 0.263 e. The molecule has 0 aliphatic heterocycles. The minimum Gasteiger partial charge on any atom is -0.496 e. The number of aryl methyl sites for hydroxylation is 2. The van der Waals surface area contributed by atoms with Crippen LogP contribution in [-0.2, 0) is 11.3 Å². The van der Waals surface area contributed by atoms with Crippen molar-refractivity contribution in [3.63, 3.8) is 0 Å². The van der Waals surface area contributed by atoms with Gasteiger partial charge in [-0.1, -0.05) is 30.3 Å². The topological polar surface area (TPSA) is 38.8 Å². The molecule has 0 heterocycles. The molecule has 2 aromatic carbocycles. The third kappa shape index (κ3) is 4.28. The van der Waals surface area contributed by atoms with Gasteiger partial charge in [0, 0.05) is 19.2 Å². The van der Waals surface area contributed by atoms with E-state index in [4.69, 9.17) is 9.47 Å². The molecule has 0 aromatic heterocycles. The number of hydrogen-bond acceptors (Lipinski definition) is 3. The van der Waals surface area contributed by atoms with Crippen LogP contribution in [0, 0.1) is 13.8 Å². The Bertz CT molecular complexity index is 712. The van der Waals surface area contributed by atoms with Crippen LogP contribution in [0.15, 0.2) is 42.5 Å². The summed E-state index contributed by atoms with van der Waals surface area (Å²) >= 11 is 0. The lowest BCUT2D eigenvalue weighted by atomic mass is 10.1. The van der Waals surface area contributed by atoms with Crippen LogP contribution >= 0.6 is 0 Å². The molecule has 0 bridgehead atoms. The van der Waals surface area contributed by atoms with Gasteiger partial charge in [0.25, 0.3) is 5.91 Å². The first kappa shape index (κ1) is 17.9. The largest absolute Gasteiger partial charge is 0.496 e. The molecule has 4 heteroatoms. The molecule has 128 valence electrons. The number of rotatable bonds is 6. The molecule has 0 N–H and O–H groups in total. The van der Waals surface area contributed by atoms with Crippen LogP contribution in [0.2, 0.25) is 0 Å². The van der Waals surface area contributed by atoms with Gasteiger partial charge in [0.2, 0.25) is 0 Å². The summed E-state index contributed by atoms with van der Waals surface area (Å²) in [6.45, 7) is 6.24. The van der Waals surface area contributed by atoms with Crippen molar-refractivity contribution in [2.24, 2.45) is 0 Å². The molecule has 0 aliphatic rings. The fourth-order valence-corrected chi connectivity index (χ4v) is 2.55.